The van der Waals surface area contributed by atoms with Crippen molar-refractivity contribution in [2.24, 2.45) is 0 Å². The highest BCUT2D eigenvalue weighted by atomic mass is 32.2. The normalized spacial score (nSPS) is 14.9. The molecule has 0 saturated carbocycles. The smallest absolute Gasteiger partial charge is 0.0251 e. The zero-order valence-electron chi connectivity index (χ0n) is 7.29. The molecular formula is C8H17NS. The van der Waals surface area contributed by atoms with Crippen molar-refractivity contribution in [1.29, 1.82) is 0 Å². The lowest BCUT2D eigenvalue weighted by atomic mass is 10.3. The van der Waals surface area contributed by atoms with Crippen molar-refractivity contribution < 1.29 is 0 Å². The van der Waals surface area contributed by atoms with Gasteiger partial charge >= 0.3 is 0 Å². The van der Waals surface area contributed by atoms with Crippen molar-refractivity contribution in [2.75, 3.05) is 19.8 Å². The van der Waals surface area contributed by atoms with E-state index in [4.69, 9.17) is 0 Å². The fourth-order valence-corrected chi connectivity index (χ4v) is 0.969. The predicted octanol–water partition coefficient (Wildman–Crippen LogP) is 2.20. The second kappa shape index (κ2) is 5.81. The highest BCUT2D eigenvalue weighted by Gasteiger charge is 1.96. The summed E-state index contributed by atoms with van der Waals surface area (Å²) in [7, 11) is 4.18. The summed E-state index contributed by atoms with van der Waals surface area (Å²) in [5.74, 6) is 1.16. The number of thioether (sulfide) groups is 1. The standard InChI is InChI=1S/C8H17NS/c1-5-10-7-6-8(2)9(3)4/h6-8H,5H2,1-4H3/b7-6-. The lowest BCUT2D eigenvalue weighted by Crippen LogP contribution is -2.21. The Kier molecular flexibility index (Phi) is 5.84. The zero-order valence-corrected chi connectivity index (χ0v) is 8.11. The van der Waals surface area contributed by atoms with Crippen LogP contribution >= 0.6 is 11.8 Å². The lowest BCUT2D eigenvalue weighted by Gasteiger charge is -2.14. The summed E-state index contributed by atoms with van der Waals surface area (Å²) in [6.45, 7) is 4.35. The Bertz CT molecular complexity index is 99.4. The van der Waals surface area contributed by atoms with Crippen molar-refractivity contribution in [2.45, 2.75) is 19.9 Å². The van der Waals surface area contributed by atoms with Gasteiger partial charge in [0.05, 0.1) is 0 Å². The average molecular weight is 159 g/mol. The fraction of sp³-hybridized carbons (Fsp3) is 0.750. The van der Waals surface area contributed by atoms with Crippen LogP contribution in [0, 0.1) is 0 Å². The van der Waals surface area contributed by atoms with Gasteiger partial charge in [0.25, 0.3) is 0 Å². The molecular weight excluding hydrogens is 142 g/mol. The van der Waals surface area contributed by atoms with Gasteiger partial charge in [0, 0.05) is 6.04 Å². The van der Waals surface area contributed by atoms with E-state index in [0.29, 0.717) is 6.04 Å². The largest absolute Gasteiger partial charge is 0.303 e. The first-order valence-electron chi connectivity index (χ1n) is 3.63. The summed E-state index contributed by atoms with van der Waals surface area (Å²) in [5.41, 5.74) is 0. The molecule has 0 aromatic rings. The molecule has 1 atom stereocenters. The predicted molar refractivity (Wildman–Crippen MR) is 50.4 cm³/mol. The Balaban J connectivity index is 3.45. The highest BCUT2D eigenvalue weighted by Crippen LogP contribution is 2.02. The van der Waals surface area contributed by atoms with Crippen LogP contribution in [0.25, 0.3) is 0 Å². The molecule has 0 aliphatic heterocycles. The zero-order chi connectivity index (χ0) is 7.98. The van der Waals surface area contributed by atoms with E-state index in [-0.39, 0.29) is 0 Å². The SMILES string of the molecule is CCS/C=C\C(C)N(C)C. The summed E-state index contributed by atoms with van der Waals surface area (Å²) in [6.07, 6.45) is 2.22. The van der Waals surface area contributed by atoms with Crippen LogP contribution in [0.15, 0.2) is 11.5 Å². The number of rotatable bonds is 4. The topological polar surface area (TPSA) is 3.24 Å². The van der Waals surface area contributed by atoms with Gasteiger partial charge in [-0.1, -0.05) is 13.0 Å². The highest BCUT2D eigenvalue weighted by molar-refractivity contribution is 8.02. The second-order valence-electron chi connectivity index (χ2n) is 2.49. The number of hydrogen-bond acceptors (Lipinski definition) is 2. The molecule has 0 amide bonds. The van der Waals surface area contributed by atoms with Gasteiger partial charge in [0.1, 0.15) is 0 Å². The molecule has 0 heterocycles. The van der Waals surface area contributed by atoms with Crippen molar-refractivity contribution >= 4 is 11.8 Å². The van der Waals surface area contributed by atoms with Crippen LogP contribution < -0.4 is 0 Å². The summed E-state index contributed by atoms with van der Waals surface area (Å²) in [5, 5.41) is 2.17. The molecule has 0 radical (unpaired) electrons. The Morgan fingerprint density at radius 3 is 2.50 bits per heavy atom. The Morgan fingerprint density at radius 1 is 1.50 bits per heavy atom. The van der Waals surface area contributed by atoms with Gasteiger partial charge in [-0.15, -0.1) is 11.8 Å². The third-order valence-electron chi connectivity index (χ3n) is 1.43. The van der Waals surface area contributed by atoms with Gasteiger partial charge in [-0.3, -0.25) is 0 Å². The van der Waals surface area contributed by atoms with Crippen LogP contribution in [-0.4, -0.2) is 30.8 Å². The first kappa shape index (κ1) is 10.0. The molecule has 10 heavy (non-hydrogen) atoms. The van der Waals surface area contributed by atoms with Gasteiger partial charge in [-0.2, -0.15) is 0 Å². The molecule has 0 spiro atoms. The van der Waals surface area contributed by atoms with E-state index in [0.717, 1.165) is 5.75 Å². The van der Waals surface area contributed by atoms with Crippen molar-refractivity contribution in [3.8, 4) is 0 Å². The molecule has 0 aliphatic carbocycles. The van der Waals surface area contributed by atoms with E-state index in [9.17, 15) is 0 Å². The number of likely N-dealkylation sites (N-methyl/N-ethyl adjacent to an activating group) is 1. The van der Waals surface area contributed by atoms with Crippen LogP contribution in [0.4, 0.5) is 0 Å². The third kappa shape index (κ3) is 4.89. The van der Waals surface area contributed by atoms with Gasteiger partial charge < -0.3 is 4.90 Å². The van der Waals surface area contributed by atoms with Crippen molar-refractivity contribution in [3.05, 3.63) is 11.5 Å². The van der Waals surface area contributed by atoms with E-state index >= 15 is 0 Å². The maximum Gasteiger partial charge on any atom is 0.0251 e. The molecule has 60 valence electrons. The first-order valence-corrected chi connectivity index (χ1v) is 4.68. The van der Waals surface area contributed by atoms with Gasteiger partial charge in [-0.25, -0.2) is 0 Å². The number of nitrogens with zero attached hydrogens (tertiary/aromatic N) is 1. The molecule has 0 rings (SSSR count). The summed E-state index contributed by atoms with van der Waals surface area (Å²) in [4.78, 5) is 2.19. The van der Waals surface area contributed by atoms with Crippen LogP contribution in [0.3, 0.4) is 0 Å². The third-order valence-corrected chi connectivity index (χ3v) is 2.12. The molecule has 0 aliphatic rings. The van der Waals surface area contributed by atoms with Crippen molar-refractivity contribution in [3.63, 3.8) is 0 Å². The lowest BCUT2D eigenvalue weighted by molar-refractivity contribution is 0.364. The minimum atomic E-state index is 0.555. The summed E-state index contributed by atoms with van der Waals surface area (Å²) < 4.78 is 0. The molecule has 0 aromatic heterocycles. The van der Waals surface area contributed by atoms with E-state index < -0.39 is 0 Å². The van der Waals surface area contributed by atoms with Crippen LogP contribution in [0.1, 0.15) is 13.8 Å². The molecule has 0 N–H and O–H groups in total. The van der Waals surface area contributed by atoms with Gasteiger partial charge in [0.15, 0.2) is 0 Å². The molecule has 0 fully saturated rings. The molecule has 1 unspecified atom stereocenters. The van der Waals surface area contributed by atoms with E-state index in [2.05, 4.69) is 44.3 Å². The van der Waals surface area contributed by atoms with Crippen LogP contribution in [0.5, 0.6) is 0 Å². The summed E-state index contributed by atoms with van der Waals surface area (Å²) in [6, 6.07) is 0.555. The van der Waals surface area contributed by atoms with Gasteiger partial charge in [-0.05, 0) is 32.2 Å². The Labute approximate surface area is 68.5 Å². The van der Waals surface area contributed by atoms with Crippen LogP contribution in [-0.2, 0) is 0 Å². The average Bonchev–Trinajstić information content (AvgIpc) is 1.88. The molecule has 2 heteroatoms. The monoisotopic (exact) mass is 159 g/mol. The molecule has 0 saturated heterocycles. The molecule has 0 bridgehead atoms. The number of hydrogen-bond donors (Lipinski definition) is 0. The first-order chi connectivity index (χ1) is 4.68. The molecule has 0 aromatic carbocycles. The maximum absolute atomic E-state index is 2.22. The van der Waals surface area contributed by atoms with Crippen molar-refractivity contribution in [1.82, 2.24) is 4.90 Å². The Hall–Kier alpha value is 0.0500. The van der Waals surface area contributed by atoms with Crippen LogP contribution in [0.2, 0.25) is 0 Å². The van der Waals surface area contributed by atoms with E-state index in [1.165, 1.54) is 0 Å². The van der Waals surface area contributed by atoms with Gasteiger partial charge in [0.2, 0.25) is 0 Å². The fourth-order valence-electron chi connectivity index (χ4n) is 0.438. The Morgan fingerprint density at radius 2 is 2.10 bits per heavy atom. The summed E-state index contributed by atoms with van der Waals surface area (Å²) >= 11 is 1.85. The van der Waals surface area contributed by atoms with E-state index in [1.54, 1.807) is 0 Å². The minimum Gasteiger partial charge on any atom is -0.303 e. The van der Waals surface area contributed by atoms with E-state index in [1.807, 2.05) is 11.8 Å². The minimum absolute atomic E-state index is 0.555. The quantitative estimate of drug-likeness (QED) is 0.618. The second-order valence-corrected chi connectivity index (χ2v) is 3.67. The molecule has 1 nitrogen and oxygen atoms in total. The maximum atomic E-state index is 2.22.